The highest BCUT2D eigenvalue weighted by Gasteiger charge is 2.19. The van der Waals surface area contributed by atoms with Gasteiger partial charge in [0, 0.05) is 5.56 Å². The molecule has 0 fully saturated rings. The minimum atomic E-state index is -0.856. The van der Waals surface area contributed by atoms with Gasteiger partial charge in [-0.3, -0.25) is 11.3 Å². The molecule has 0 saturated carbocycles. The fourth-order valence-corrected chi connectivity index (χ4v) is 2.78. The van der Waals surface area contributed by atoms with Crippen molar-refractivity contribution in [3.63, 3.8) is 0 Å². The molecule has 0 aliphatic carbocycles. The molecular weight excluding hydrogens is 270 g/mol. The summed E-state index contributed by atoms with van der Waals surface area (Å²) in [6, 6.07) is 7.85. The highest BCUT2D eigenvalue weighted by Crippen LogP contribution is 2.26. The summed E-state index contributed by atoms with van der Waals surface area (Å²) in [5.74, 6) is 3.86. The van der Waals surface area contributed by atoms with E-state index in [2.05, 4.69) is 17.6 Å². The second-order valence-electron chi connectivity index (χ2n) is 5.44. The first kappa shape index (κ1) is 15.6. The Morgan fingerprint density at radius 3 is 2.29 bits per heavy atom. The maximum atomic E-state index is 13.9. The average molecular weight is 290 g/mol. The Bertz CT molecular complexity index is 630. The molecule has 0 saturated heterocycles. The first-order valence-corrected chi connectivity index (χ1v) is 6.90. The number of hydrogen-bond donors (Lipinski definition) is 2. The van der Waals surface area contributed by atoms with Crippen LogP contribution >= 0.6 is 0 Å². The zero-order valence-electron chi connectivity index (χ0n) is 12.5. The molecule has 1 atom stereocenters. The van der Waals surface area contributed by atoms with Gasteiger partial charge >= 0.3 is 0 Å². The summed E-state index contributed by atoms with van der Waals surface area (Å²) in [4.78, 5) is 0. The second kappa shape index (κ2) is 6.33. The van der Waals surface area contributed by atoms with E-state index in [1.165, 1.54) is 11.6 Å². The Balaban J connectivity index is 2.38. The van der Waals surface area contributed by atoms with E-state index in [1.807, 2.05) is 20.8 Å². The number of nitrogens with two attached hydrogens (primary N) is 1. The van der Waals surface area contributed by atoms with Crippen molar-refractivity contribution >= 4 is 0 Å². The van der Waals surface area contributed by atoms with Crippen LogP contribution in [0.15, 0.2) is 30.3 Å². The van der Waals surface area contributed by atoms with E-state index in [0.29, 0.717) is 6.42 Å². The lowest BCUT2D eigenvalue weighted by molar-refractivity contribution is 0.463. The number of halogens is 2. The van der Waals surface area contributed by atoms with Crippen LogP contribution in [0.25, 0.3) is 0 Å². The van der Waals surface area contributed by atoms with Crippen LogP contribution in [0.3, 0.4) is 0 Å². The molecule has 0 radical (unpaired) electrons. The number of hydrogen-bond acceptors (Lipinski definition) is 2. The average Bonchev–Trinajstić information content (AvgIpc) is 2.42. The summed E-state index contributed by atoms with van der Waals surface area (Å²) in [7, 11) is 0. The number of hydrazine groups is 1. The maximum Gasteiger partial charge on any atom is 0.163 e. The van der Waals surface area contributed by atoms with Gasteiger partial charge in [0.25, 0.3) is 0 Å². The highest BCUT2D eigenvalue weighted by molar-refractivity contribution is 5.39. The van der Waals surface area contributed by atoms with Gasteiger partial charge in [0.1, 0.15) is 0 Å². The highest BCUT2D eigenvalue weighted by atomic mass is 19.2. The molecule has 3 N–H and O–H groups in total. The van der Waals surface area contributed by atoms with Crippen LogP contribution in [0.1, 0.15) is 33.9 Å². The van der Waals surface area contributed by atoms with Crippen LogP contribution < -0.4 is 11.3 Å². The summed E-state index contributed by atoms with van der Waals surface area (Å²) in [6.45, 7) is 6.07. The smallest absolute Gasteiger partial charge is 0.163 e. The minimum Gasteiger partial charge on any atom is -0.271 e. The summed E-state index contributed by atoms with van der Waals surface area (Å²) in [5, 5.41) is 0. The summed E-state index contributed by atoms with van der Waals surface area (Å²) in [6.07, 6.45) is 0.509. The molecule has 112 valence electrons. The molecule has 1 unspecified atom stereocenters. The molecule has 0 heterocycles. The molecule has 2 aromatic carbocycles. The van der Waals surface area contributed by atoms with E-state index in [1.54, 1.807) is 6.07 Å². The third kappa shape index (κ3) is 3.28. The molecule has 0 bridgehead atoms. The van der Waals surface area contributed by atoms with E-state index in [-0.39, 0.29) is 5.56 Å². The lowest BCUT2D eigenvalue weighted by Gasteiger charge is -2.20. The molecule has 0 spiro atoms. The van der Waals surface area contributed by atoms with Crippen LogP contribution in [-0.2, 0) is 6.42 Å². The monoisotopic (exact) mass is 290 g/mol. The Hall–Kier alpha value is -1.78. The largest absolute Gasteiger partial charge is 0.271 e. The van der Waals surface area contributed by atoms with Gasteiger partial charge in [-0.05, 0) is 49.9 Å². The number of benzene rings is 2. The van der Waals surface area contributed by atoms with Crippen molar-refractivity contribution in [3.8, 4) is 0 Å². The van der Waals surface area contributed by atoms with Gasteiger partial charge in [0.05, 0.1) is 6.04 Å². The molecule has 4 heteroatoms. The third-order valence-corrected chi connectivity index (χ3v) is 3.81. The van der Waals surface area contributed by atoms with Crippen molar-refractivity contribution in [3.05, 3.63) is 69.8 Å². The molecule has 0 aromatic heterocycles. The first-order valence-electron chi connectivity index (χ1n) is 6.90. The summed E-state index contributed by atoms with van der Waals surface area (Å²) < 4.78 is 27.3. The zero-order valence-corrected chi connectivity index (χ0v) is 12.5. The molecule has 0 amide bonds. The van der Waals surface area contributed by atoms with E-state index < -0.39 is 17.7 Å². The van der Waals surface area contributed by atoms with Crippen LogP contribution in [0.2, 0.25) is 0 Å². The van der Waals surface area contributed by atoms with Crippen molar-refractivity contribution in [2.24, 2.45) is 5.84 Å². The lowest BCUT2D eigenvalue weighted by atomic mass is 9.91. The van der Waals surface area contributed by atoms with E-state index in [0.717, 1.165) is 22.8 Å². The lowest BCUT2D eigenvalue weighted by Crippen LogP contribution is -2.31. The molecule has 2 nitrogen and oxygen atoms in total. The van der Waals surface area contributed by atoms with Crippen LogP contribution in [-0.4, -0.2) is 0 Å². The molecule has 2 rings (SSSR count). The quantitative estimate of drug-likeness (QED) is 0.666. The molecule has 0 aliphatic heterocycles. The number of nitrogens with one attached hydrogen (secondary N) is 1. The molecule has 0 aliphatic rings. The van der Waals surface area contributed by atoms with Crippen molar-refractivity contribution in [1.82, 2.24) is 5.43 Å². The molecule has 21 heavy (non-hydrogen) atoms. The Labute approximate surface area is 124 Å². The van der Waals surface area contributed by atoms with E-state index in [4.69, 9.17) is 5.84 Å². The van der Waals surface area contributed by atoms with Gasteiger partial charge in [-0.25, -0.2) is 8.78 Å². The SMILES string of the molecule is Cc1cc(C)c(CC(NN)c2cccc(F)c2F)c(C)c1. The fraction of sp³-hybridized carbons (Fsp3) is 0.294. The topological polar surface area (TPSA) is 38.0 Å². The first-order chi connectivity index (χ1) is 9.93. The maximum absolute atomic E-state index is 13.9. The van der Waals surface area contributed by atoms with Crippen molar-refractivity contribution in [1.29, 1.82) is 0 Å². The van der Waals surface area contributed by atoms with Gasteiger partial charge in [-0.15, -0.1) is 0 Å². The van der Waals surface area contributed by atoms with E-state index >= 15 is 0 Å². The second-order valence-corrected chi connectivity index (χ2v) is 5.44. The summed E-state index contributed by atoms with van der Waals surface area (Å²) in [5.41, 5.74) is 7.39. The Morgan fingerprint density at radius 2 is 1.71 bits per heavy atom. The Kier molecular flexibility index (Phi) is 4.70. The summed E-state index contributed by atoms with van der Waals surface area (Å²) >= 11 is 0. The number of rotatable bonds is 4. The molecule has 2 aromatic rings. The van der Waals surface area contributed by atoms with Crippen LogP contribution in [0.4, 0.5) is 8.78 Å². The zero-order chi connectivity index (χ0) is 15.6. The standard InChI is InChI=1S/C17H20F2N2/c1-10-7-11(2)14(12(3)8-10)9-16(21-20)13-5-4-6-15(18)17(13)19/h4-8,16,21H,9,20H2,1-3H3. The van der Waals surface area contributed by atoms with Crippen molar-refractivity contribution in [2.45, 2.75) is 33.2 Å². The number of aryl methyl sites for hydroxylation is 3. The van der Waals surface area contributed by atoms with E-state index in [9.17, 15) is 8.78 Å². The Morgan fingerprint density at radius 1 is 1.10 bits per heavy atom. The van der Waals surface area contributed by atoms with Gasteiger partial charge in [0.15, 0.2) is 11.6 Å². The van der Waals surface area contributed by atoms with Gasteiger partial charge < -0.3 is 0 Å². The predicted octanol–water partition coefficient (Wildman–Crippen LogP) is 3.64. The molecular formula is C17H20F2N2. The van der Waals surface area contributed by atoms with Crippen molar-refractivity contribution in [2.75, 3.05) is 0 Å². The van der Waals surface area contributed by atoms with Crippen LogP contribution in [0, 0.1) is 32.4 Å². The van der Waals surface area contributed by atoms with Gasteiger partial charge in [0.2, 0.25) is 0 Å². The fourth-order valence-electron chi connectivity index (χ4n) is 2.78. The van der Waals surface area contributed by atoms with Gasteiger partial charge in [-0.2, -0.15) is 0 Å². The third-order valence-electron chi connectivity index (χ3n) is 3.81. The normalized spacial score (nSPS) is 12.5. The van der Waals surface area contributed by atoms with Crippen molar-refractivity contribution < 1.29 is 8.78 Å². The predicted molar refractivity (Wildman–Crippen MR) is 80.8 cm³/mol. The van der Waals surface area contributed by atoms with Crippen LogP contribution in [0.5, 0.6) is 0 Å². The van der Waals surface area contributed by atoms with Gasteiger partial charge in [-0.1, -0.05) is 29.8 Å². The minimum absolute atomic E-state index is 0.247.